The van der Waals surface area contributed by atoms with Gasteiger partial charge >= 0.3 is 6.09 Å². The zero-order valence-electron chi connectivity index (χ0n) is 9.34. The predicted molar refractivity (Wildman–Crippen MR) is 54.1 cm³/mol. The van der Waals surface area contributed by atoms with E-state index in [0.717, 1.165) is 0 Å². The highest BCUT2D eigenvalue weighted by Gasteiger charge is 2.51. The van der Waals surface area contributed by atoms with E-state index in [9.17, 15) is 13.6 Å². The van der Waals surface area contributed by atoms with Crippen LogP contribution in [0.1, 0.15) is 39.0 Å². The Morgan fingerprint density at radius 1 is 1.31 bits per heavy atom. The minimum absolute atomic E-state index is 0.0342. The number of primary amides is 1. The summed E-state index contributed by atoms with van der Waals surface area (Å²) in [5.41, 5.74) is 4.35. The first-order valence-electron chi connectivity index (χ1n) is 5.66. The first-order chi connectivity index (χ1) is 7.30. The van der Waals surface area contributed by atoms with Crippen LogP contribution in [-0.4, -0.2) is 17.6 Å². The van der Waals surface area contributed by atoms with E-state index in [4.69, 9.17) is 10.5 Å². The van der Waals surface area contributed by atoms with Gasteiger partial charge in [0.05, 0.1) is 0 Å². The van der Waals surface area contributed by atoms with Gasteiger partial charge in [-0.1, -0.05) is 0 Å². The fraction of sp³-hybridized carbons (Fsp3) is 0.909. The molecule has 92 valence electrons. The Bertz CT molecular complexity index is 308. The normalized spacial score (nSPS) is 41.4. The molecule has 2 N–H and O–H groups in total. The van der Waals surface area contributed by atoms with E-state index in [1.54, 1.807) is 6.92 Å². The molecule has 2 aliphatic carbocycles. The maximum Gasteiger partial charge on any atom is 0.405 e. The van der Waals surface area contributed by atoms with Crippen molar-refractivity contribution >= 4 is 6.09 Å². The number of rotatable bonds is 1. The van der Waals surface area contributed by atoms with E-state index in [2.05, 4.69) is 0 Å². The van der Waals surface area contributed by atoms with Crippen molar-refractivity contribution in [2.24, 2.45) is 17.6 Å². The highest BCUT2D eigenvalue weighted by molar-refractivity contribution is 5.65. The maximum absolute atomic E-state index is 13.2. The summed E-state index contributed by atoms with van der Waals surface area (Å²) in [5, 5.41) is 0. The summed E-state index contributed by atoms with van der Waals surface area (Å²) >= 11 is 0. The molecule has 3 nitrogen and oxygen atoms in total. The minimum Gasteiger partial charge on any atom is -0.443 e. The highest BCUT2D eigenvalue weighted by Crippen LogP contribution is 2.52. The third kappa shape index (κ3) is 2.28. The van der Waals surface area contributed by atoms with Crippen molar-refractivity contribution < 1.29 is 18.3 Å². The van der Waals surface area contributed by atoms with Gasteiger partial charge in [-0.15, -0.1) is 0 Å². The van der Waals surface area contributed by atoms with Crippen molar-refractivity contribution in [3.05, 3.63) is 0 Å². The number of halogens is 2. The first-order valence-corrected chi connectivity index (χ1v) is 5.66. The molecule has 0 bridgehead atoms. The van der Waals surface area contributed by atoms with Crippen LogP contribution in [0.25, 0.3) is 0 Å². The Kier molecular flexibility index (Phi) is 2.59. The largest absolute Gasteiger partial charge is 0.443 e. The van der Waals surface area contributed by atoms with Crippen LogP contribution in [0, 0.1) is 11.8 Å². The number of fused-ring (bicyclic) bond motifs is 1. The quantitative estimate of drug-likeness (QED) is 0.757. The second-order valence-electron chi connectivity index (χ2n) is 5.40. The van der Waals surface area contributed by atoms with Crippen molar-refractivity contribution in [1.29, 1.82) is 0 Å². The van der Waals surface area contributed by atoms with Crippen LogP contribution >= 0.6 is 0 Å². The van der Waals surface area contributed by atoms with E-state index < -0.39 is 17.6 Å². The number of ether oxygens (including phenoxy) is 1. The molecule has 5 heteroatoms. The SMILES string of the molecule is C[C@]1(OC(N)=O)CC2CCC(F)(F)CC2C1. The monoisotopic (exact) mass is 233 g/mol. The molecule has 2 aliphatic rings. The number of alkyl halides is 2. The third-order valence-corrected chi connectivity index (χ3v) is 3.84. The van der Waals surface area contributed by atoms with E-state index >= 15 is 0 Å². The van der Waals surface area contributed by atoms with Gasteiger partial charge in [-0.2, -0.15) is 0 Å². The van der Waals surface area contributed by atoms with Crippen LogP contribution in [0.2, 0.25) is 0 Å². The van der Waals surface area contributed by atoms with Crippen molar-refractivity contribution in [1.82, 2.24) is 0 Å². The molecule has 2 rings (SSSR count). The molecule has 0 aromatic rings. The van der Waals surface area contributed by atoms with Gasteiger partial charge in [-0.25, -0.2) is 13.6 Å². The molecule has 16 heavy (non-hydrogen) atoms. The summed E-state index contributed by atoms with van der Waals surface area (Å²) in [6.07, 6.45) is 0.770. The molecule has 0 aromatic heterocycles. The van der Waals surface area contributed by atoms with Gasteiger partial charge in [0.25, 0.3) is 0 Å². The lowest BCUT2D eigenvalue weighted by Gasteiger charge is -2.30. The fourth-order valence-electron chi connectivity index (χ4n) is 3.31. The molecule has 0 heterocycles. The fourth-order valence-corrected chi connectivity index (χ4v) is 3.31. The van der Waals surface area contributed by atoms with Gasteiger partial charge in [0.15, 0.2) is 0 Å². The van der Waals surface area contributed by atoms with Crippen molar-refractivity contribution in [2.75, 3.05) is 0 Å². The predicted octanol–water partition coefficient (Wildman–Crippen LogP) is 2.69. The van der Waals surface area contributed by atoms with Crippen molar-refractivity contribution in [3.63, 3.8) is 0 Å². The zero-order chi connectivity index (χ0) is 12.0. The number of hydrogen-bond acceptors (Lipinski definition) is 2. The molecule has 2 unspecified atom stereocenters. The molecule has 2 saturated carbocycles. The third-order valence-electron chi connectivity index (χ3n) is 3.84. The molecular formula is C11H17F2NO2. The number of hydrogen-bond donors (Lipinski definition) is 1. The Morgan fingerprint density at radius 3 is 2.56 bits per heavy atom. The van der Waals surface area contributed by atoms with E-state index in [1.165, 1.54) is 0 Å². The van der Waals surface area contributed by atoms with Crippen molar-refractivity contribution in [2.45, 2.75) is 50.6 Å². The van der Waals surface area contributed by atoms with Crippen LogP contribution in [0.15, 0.2) is 0 Å². The van der Waals surface area contributed by atoms with Crippen molar-refractivity contribution in [3.8, 4) is 0 Å². The number of carbonyl (C=O) groups excluding carboxylic acids is 1. The summed E-state index contributed by atoms with van der Waals surface area (Å²) in [5.74, 6) is -2.32. The van der Waals surface area contributed by atoms with E-state index in [0.29, 0.717) is 19.3 Å². The molecule has 0 spiro atoms. The molecular weight excluding hydrogens is 216 g/mol. The molecule has 1 amide bonds. The molecule has 2 fully saturated rings. The Hall–Kier alpha value is -0.870. The molecule has 0 aliphatic heterocycles. The van der Waals surface area contributed by atoms with Crippen LogP contribution in [0.4, 0.5) is 13.6 Å². The lowest BCUT2D eigenvalue weighted by Crippen LogP contribution is -2.32. The Labute approximate surface area is 93.3 Å². The molecule has 0 radical (unpaired) electrons. The van der Waals surface area contributed by atoms with Gasteiger partial charge in [0, 0.05) is 12.8 Å². The zero-order valence-corrected chi connectivity index (χ0v) is 9.34. The second-order valence-corrected chi connectivity index (χ2v) is 5.40. The smallest absolute Gasteiger partial charge is 0.405 e. The Balaban J connectivity index is 2.03. The molecule has 0 aromatic carbocycles. The highest BCUT2D eigenvalue weighted by atomic mass is 19.3. The number of nitrogens with two attached hydrogens (primary N) is 1. The summed E-state index contributed by atoms with van der Waals surface area (Å²) in [6, 6.07) is 0. The lowest BCUT2D eigenvalue weighted by molar-refractivity contribution is -0.0637. The average molecular weight is 233 g/mol. The molecule has 3 atom stereocenters. The minimum atomic E-state index is -2.54. The molecule has 0 saturated heterocycles. The van der Waals surface area contributed by atoms with Gasteiger partial charge in [0.1, 0.15) is 5.60 Å². The second kappa shape index (κ2) is 3.57. The lowest BCUT2D eigenvalue weighted by atomic mass is 9.80. The van der Waals surface area contributed by atoms with Crippen LogP contribution in [0.3, 0.4) is 0 Å². The van der Waals surface area contributed by atoms with Gasteiger partial charge in [0.2, 0.25) is 5.92 Å². The van der Waals surface area contributed by atoms with Gasteiger partial charge < -0.3 is 10.5 Å². The van der Waals surface area contributed by atoms with Gasteiger partial charge in [-0.3, -0.25) is 0 Å². The average Bonchev–Trinajstić information content (AvgIpc) is 2.36. The summed E-state index contributed by atoms with van der Waals surface area (Å²) in [4.78, 5) is 10.7. The van der Waals surface area contributed by atoms with Crippen LogP contribution < -0.4 is 5.73 Å². The number of amides is 1. The van der Waals surface area contributed by atoms with Gasteiger partial charge in [-0.05, 0) is 38.0 Å². The standard InChI is InChI=1S/C11H17F2NO2/c1-10(16-9(14)15)4-7-2-3-11(12,13)6-8(7)5-10/h7-8H,2-6H2,1H3,(H2,14,15)/t7?,8?,10-/m0/s1. The van der Waals surface area contributed by atoms with Crippen LogP contribution in [-0.2, 0) is 4.74 Å². The summed E-state index contributed by atoms with van der Waals surface area (Å²) in [6.45, 7) is 1.79. The van der Waals surface area contributed by atoms with Crippen LogP contribution in [0.5, 0.6) is 0 Å². The topological polar surface area (TPSA) is 52.3 Å². The Morgan fingerprint density at radius 2 is 1.94 bits per heavy atom. The number of carbonyl (C=O) groups is 1. The van der Waals surface area contributed by atoms with E-state index in [1.807, 2.05) is 0 Å². The first kappa shape index (κ1) is 11.6. The summed E-state index contributed by atoms with van der Waals surface area (Å²) < 4.78 is 31.5. The summed E-state index contributed by atoms with van der Waals surface area (Å²) in [7, 11) is 0. The van der Waals surface area contributed by atoms with E-state index in [-0.39, 0.29) is 24.7 Å². The maximum atomic E-state index is 13.2.